The first-order valence-electron chi connectivity index (χ1n) is 6.98. The number of hydrogen-bond donors (Lipinski definition) is 0. The summed E-state index contributed by atoms with van der Waals surface area (Å²) >= 11 is 0. The van der Waals surface area contributed by atoms with Crippen LogP contribution in [0.5, 0.6) is 0 Å². The number of benzene rings is 2. The Bertz CT molecular complexity index is 837. The minimum atomic E-state index is -4.59. The monoisotopic (exact) mass is 339 g/mol. The standard InChI is InChI=1S/C17H12F5N2/c1-24(9-8-16(23-24)17(20,21)22)15-10-13(19)6-7-14(15)11-2-4-12(18)5-3-11/h2-10H,1H3/q+1. The van der Waals surface area contributed by atoms with Crippen LogP contribution in [0.15, 0.2) is 59.8 Å². The van der Waals surface area contributed by atoms with Crippen LogP contribution >= 0.6 is 0 Å². The van der Waals surface area contributed by atoms with E-state index in [1.54, 1.807) is 0 Å². The van der Waals surface area contributed by atoms with E-state index in [-0.39, 0.29) is 5.69 Å². The second-order valence-electron chi connectivity index (χ2n) is 5.49. The van der Waals surface area contributed by atoms with E-state index in [4.69, 9.17) is 0 Å². The first-order chi connectivity index (χ1) is 11.2. The highest BCUT2D eigenvalue weighted by atomic mass is 19.4. The van der Waals surface area contributed by atoms with Crippen LogP contribution in [-0.2, 0) is 0 Å². The van der Waals surface area contributed by atoms with Crippen LogP contribution in [0.3, 0.4) is 0 Å². The molecule has 0 amide bonds. The van der Waals surface area contributed by atoms with E-state index in [0.717, 1.165) is 12.1 Å². The molecule has 0 fully saturated rings. The zero-order valence-electron chi connectivity index (χ0n) is 12.5. The number of alkyl halides is 3. The quantitative estimate of drug-likeness (QED) is 0.538. The molecule has 2 nitrogen and oxygen atoms in total. The molecule has 0 saturated carbocycles. The number of hydrogen-bond acceptors (Lipinski definition) is 1. The Kier molecular flexibility index (Phi) is 3.76. The molecule has 0 aliphatic carbocycles. The van der Waals surface area contributed by atoms with Gasteiger partial charge in [-0.3, -0.25) is 0 Å². The fourth-order valence-electron chi connectivity index (χ4n) is 2.54. The largest absolute Gasteiger partial charge is 0.438 e. The molecule has 124 valence electrons. The lowest BCUT2D eigenvalue weighted by Gasteiger charge is -2.23. The summed E-state index contributed by atoms with van der Waals surface area (Å²) < 4.78 is 64.8. The smallest absolute Gasteiger partial charge is 0.207 e. The second-order valence-corrected chi connectivity index (χ2v) is 5.49. The molecule has 0 bridgehead atoms. The van der Waals surface area contributed by atoms with Gasteiger partial charge >= 0.3 is 6.18 Å². The van der Waals surface area contributed by atoms with Gasteiger partial charge in [-0.25, -0.2) is 8.78 Å². The fraction of sp³-hybridized carbons (Fsp3) is 0.118. The van der Waals surface area contributed by atoms with Gasteiger partial charge in [0.15, 0.2) is 5.69 Å². The van der Waals surface area contributed by atoms with Gasteiger partial charge in [0.05, 0.1) is 0 Å². The number of quaternary nitrogens is 1. The maximum Gasteiger partial charge on any atom is 0.438 e. The lowest BCUT2D eigenvalue weighted by molar-refractivity contribution is -0.0581. The van der Waals surface area contributed by atoms with Gasteiger partial charge in [0.25, 0.3) is 0 Å². The lowest BCUT2D eigenvalue weighted by Crippen LogP contribution is -2.33. The molecule has 0 aromatic heterocycles. The summed E-state index contributed by atoms with van der Waals surface area (Å²) in [6.07, 6.45) is -2.50. The van der Waals surface area contributed by atoms with Gasteiger partial charge in [0.2, 0.25) is 5.71 Å². The van der Waals surface area contributed by atoms with Gasteiger partial charge < -0.3 is 0 Å². The Morgan fingerprint density at radius 2 is 1.54 bits per heavy atom. The van der Waals surface area contributed by atoms with Crippen LogP contribution in [0.25, 0.3) is 11.1 Å². The number of halogens is 5. The van der Waals surface area contributed by atoms with Crippen LogP contribution in [0, 0.1) is 11.6 Å². The maximum absolute atomic E-state index is 13.7. The molecule has 1 unspecified atom stereocenters. The van der Waals surface area contributed by atoms with Crippen molar-refractivity contribution in [3.05, 3.63) is 66.4 Å². The summed E-state index contributed by atoms with van der Waals surface area (Å²) in [5.74, 6) is -1.04. The van der Waals surface area contributed by atoms with Gasteiger partial charge in [0, 0.05) is 17.7 Å². The van der Waals surface area contributed by atoms with Gasteiger partial charge in [-0.05, 0) is 29.8 Å². The summed E-state index contributed by atoms with van der Waals surface area (Å²) in [5, 5.41) is 3.68. The Hall–Kier alpha value is -2.54. The second kappa shape index (κ2) is 5.52. The normalized spacial score (nSPS) is 20.3. The maximum atomic E-state index is 13.7. The summed E-state index contributed by atoms with van der Waals surface area (Å²) in [5.41, 5.74) is 0.196. The van der Waals surface area contributed by atoms with Gasteiger partial charge in [0.1, 0.15) is 24.9 Å². The van der Waals surface area contributed by atoms with E-state index >= 15 is 0 Å². The van der Waals surface area contributed by atoms with Crippen LogP contribution in [0.2, 0.25) is 0 Å². The summed E-state index contributed by atoms with van der Waals surface area (Å²) in [6.45, 7) is 0. The molecular weight excluding hydrogens is 327 g/mol. The highest BCUT2D eigenvalue weighted by Gasteiger charge is 2.43. The molecule has 0 spiro atoms. The molecule has 1 aliphatic rings. The topological polar surface area (TPSA) is 12.4 Å². The van der Waals surface area contributed by atoms with E-state index in [1.807, 2.05) is 0 Å². The average Bonchev–Trinajstić information content (AvgIpc) is 2.92. The van der Waals surface area contributed by atoms with Crippen molar-refractivity contribution >= 4 is 11.4 Å². The van der Waals surface area contributed by atoms with E-state index < -0.39 is 28.1 Å². The molecule has 0 N–H and O–H groups in total. The van der Waals surface area contributed by atoms with Crippen molar-refractivity contribution < 1.29 is 22.0 Å². The van der Waals surface area contributed by atoms with Crippen molar-refractivity contribution in [1.82, 2.24) is 4.59 Å². The average molecular weight is 339 g/mol. The Balaban J connectivity index is 2.15. The van der Waals surface area contributed by atoms with Crippen LogP contribution in [0.1, 0.15) is 0 Å². The molecule has 7 heteroatoms. The molecule has 2 aromatic carbocycles. The van der Waals surface area contributed by atoms with Crippen molar-refractivity contribution in [1.29, 1.82) is 0 Å². The Morgan fingerprint density at radius 1 is 0.917 bits per heavy atom. The minimum absolute atomic E-state index is 0.220. The van der Waals surface area contributed by atoms with Crippen molar-refractivity contribution in [2.24, 2.45) is 5.10 Å². The van der Waals surface area contributed by atoms with E-state index in [9.17, 15) is 22.0 Å². The van der Waals surface area contributed by atoms with Crippen LogP contribution in [0.4, 0.5) is 27.6 Å². The molecule has 24 heavy (non-hydrogen) atoms. The van der Waals surface area contributed by atoms with Gasteiger partial charge in [-0.15, -0.1) is 4.59 Å². The van der Waals surface area contributed by atoms with Crippen molar-refractivity contribution in [3.63, 3.8) is 0 Å². The number of allylic oxidation sites excluding steroid dienone is 1. The van der Waals surface area contributed by atoms with Crippen LogP contribution in [-0.4, -0.2) is 18.9 Å². The third kappa shape index (κ3) is 2.94. The first kappa shape index (κ1) is 16.3. The molecule has 1 heterocycles. The number of nitrogens with zero attached hydrogens (tertiary/aromatic N) is 2. The third-order valence-electron chi connectivity index (χ3n) is 3.73. The highest BCUT2D eigenvalue weighted by molar-refractivity contribution is 6.01. The molecule has 3 rings (SSSR count). The van der Waals surface area contributed by atoms with Crippen molar-refractivity contribution in [2.75, 3.05) is 7.05 Å². The Labute approximate surface area is 134 Å². The van der Waals surface area contributed by atoms with E-state index in [1.165, 1.54) is 49.6 Å². The first-order valence-corrected chi connectivity index (χ1v) is 6.98. The predicted molar refractivity (Wildman–Crippen MR) is 82.1 cm³/mol. The molecule has 1 aliphatic heterocycles. The molecule has 0 radical (unpaired) electrons. The summed E-state index contributed by atoms with van der Waals surface area (Å²) in [7, 11) is 1.41. The van der Waals surface area contributed by atoms with Crippen molar-refractivity contribution in [3.8, 4) is 11.1 Å². The molecule has 2 aromatic rings. The van der Waals surface area contributed by atoms with Crippen molar-refractivity contribution in [2.45, 2.75) is 6.18 Å². The molecule has 0 saturated heterocycles. The predicted octanol–water partition coefficient (Wildman–Crippen LogP) is 5.01. The highest BCUT2D eigenvalue weighted by Crippen LogP contribution is 2.38. The van der Waals surface area contributed by atoms with E-state index in [2.05, 4.69) is 5.10 Å². The summed E-state index contributed by atoms with van der Waals surface area (Å²) in [6, 6.07) is 9.18. The van der Waals surface area contributed by atoms with E-state index in [0.29, 0.717) is 11.1 Å². The zero-order chi connectivity index (χ0) is 17.5. The molecular formula is C17H12F5N2+. The van der Waals surface area contributed by atoms with Gasteiger partial charge in [-0.1, -0.05) is 17.2 Å². The third-order valence-corrected chi connectivity index (χ3v) is 3.73. The molecule has 1 atom stereocenters. The Morgan fingerprint density at radius 3 is 2.12 bits per heavy atom. The minimum Gasteiger partial charge on any atom is -0.207 e. The number of rotatable bonds is 2. The van der Waals surface area contributed by atoms with Crippen LogP contribution < -0.4 is 4.59 Å². The SMILES string of the molecule is C[N+]1(c2cc(F)ccc2-c2ccc(F)cc2)C=CC(C(F)(F)F)=N1. The zero-order valence-corrected chi connectivity index (χ0v) is 12.5. The fourth-order valence-corrected chi connectivity index (χ4v) is 2.54. The lowest BCUT2D eigenvalue weighted by atomic mass is 10.0. The van der Waals surface area contributed by atoms with Gasteiger partial charge in [-0.2, -0.15) is 13.2 Å². The summed E-state index contributed by atoms with van der Waals surface area (Å²) in [4.78, 5) is 0.